The minimum absolute atomic E-state index is 0.257. The van der Waals surface area contributed by atoms with Gasteiger partial charge in [-0.15, -0.1) is 0 Å². The summed E-state index contributed by atoms with van der Waals surface area (Å²) in [5.74, 6) is 0.379. The van der Waals surface area contributed by atoms with E-state index >= 15 is 0 Å². The van der Waals surface area contributed by atoms with E-state index in [1.54, 1.807) is 6.07 Å². The van der Waals surface area contributed by atoms with Gasteiger partial charge in [0.15, 0.2) is 5.13 Å². The fourth-order valence-corrected chi connectivity index (χ4v) is 4.04. The lowest BCUT2D eigenvalue weighted by atomic mass is 10.2. The van der Waals surface area contributed by atoms with Gasteiger partial charge in [0.25, 0.3) is 5.91 Å². The van der Waals surface area contributed by atoms with Crippen molar-refractivity contribution in [1.82, 2.24) is 19.9 Å². The Balaban J connectivity index is 1.40. The quantitative estimate of drug-likeness (QED) is 0.598. The zero-order chi connectivity index (χ0) is 20.9. The van der Waals surface area contributed by atoms with Crippen LogP contribution in [0.1, 0.15) is 20.9 Å². The van der Waals surface area contributed by atoms with Crippen LogP contribution in [-0.4, -0.2) is 52.1 Å². The summed E-state index contributed by atoms with van der Waals surface area (Å²) in [6, 6.07) is 7.37. The van der Waals surface area contributed by atoms with E-state index in [0.29, 0.717) is 26.5 Å². The molecule has 1 saturated heterocycles. The van der Waals surface area contributed by atoms with E-state index < -0.39 is 0 Å². The van der Waals surface area contributed by atoms with Crippen molar-refractivity contribution < 1.29 is 9.53 Å². The largest absolute Gasteiger partial charge is 0.379 e. The number of hydrogen-bond donors (Lipinski definition) is 2. The van der Waals surface area contributed by atoms with Crippen molar-refractivity contribution >= 4 is 45.5 Å². The third-order valence-electron chi connectivity index (χ3n) is 4.64. The smallest absolute Gasteiger partial charge is 0.267 e. The Hall–Kier alpha value is -2.59. The van der Waals surface area contributed by atoms with E-state index in [1.165, 1.54) is 23.9 Å². The highest BCUT2D eigenvalue weighted by Gasteiger charge is 2.15. The Labute approximate surface area is 183 Å². The molecule has 3 aromatic rings. The summed E-state index contributed by atoms with van der Waals surface area (Å²) in [6.07, 6.45) is 3.06. The molecule has 2 aromatic heterocycles. The molecule has 0 radical (unpaired) electrons. The van der Waals surface area contributed by atoms with E-state index in [4.69, 9.17) is 16.3 Å². The van der Waals surface area contributed by atoms with Crippen LogP contribution in [-0.2, 0) is 11.3 Å². The maximum Gasteiger partial charge on any atom is 0.267 e. The van der Waals surface area contributed by atoms with Crippen molar-refractivity contribution in [3.05, 3.63) is 57.9 Å². The topological polar surface area (TPSA) is 92.3 Å². The molecule has 1 fully saturated rings. The highest BCUT2D eigenvalue weighted by atomic mass is 35.5. The van der Waals surface area contributed by atoms with Crippen molar-refractivity contribution in [3.63, 3.8) is 0 Å². The van der Waals surface area contributed by atoms with Gasteiger partial charge < -0.3 is 15.4 Å². The van der Waals surface area contributed by atoms with Crippen LogP contribution in [0.2, 0.25) is 5.02 Å². The Morgan fingerprint density at radius 3 is 2.90 bits per heavy atom. The molecule has 1 aliphatic heterocycles. The van der Waals surface area contributed by atoms with Gasteiger partial charge in [-0.3, -0.25) is 9.69 Å². The molecule has 0 saturated carbocycles. The molecule has 0 unspecified atom stereocenters. The molecule has 1 amide bonds. The highest BCUT2D eigenvalue weighted by Crippen LogP contribution is 2.27. The van der Waals surface area contributed by atoms with Crippen LogP contribution >= 0.6 is 22.9 Å². The van der Waals surface area contributed by atoms with Gasteiger partial charge in [0.05, 0.1) is 35.8 Å². The van der Waals surface area contributed by atoms with Gasteiger partial charge in [-0.05, 0) is 18.6 Å². The third-order valence-corrected chi connectivity index (χ3v) is 5.86. The van der Waals surface area contributed by atoms with Crippen molar-refractivity contribution in [2.24, 2.45) is 0 Å². The lowest BCUT2D eigenvalue weighted by molar-refractivity contribution is 0.0336. The van der Waals surface area contributed by atoms with E-state index in [1.807, 2.05) is 25.1 Å². The maximum atomic E-state index is 12.6. The van der Waals surface area contributed by atoms with E-state index in [-0.39, 0.29) is 5.91 Å². The molecule has 156 valence electrons. The number of aromatic nitrogens is 3. The van der Waals surface area contributed by atoms with Crippen LogP contribution in [0, 0.1) is 6.92 Å². The molecule has 1 aromatic carbocycles. The molecule has 4 rings (SSSR count). The molecule has 10 heteroatoms. The number of halogens is 1. The number of aryl methyl sites for hydroxylation is 1. The third kappa shape index (κ3) is 5.11. The minimum Gasteiger partial charge on any atom is -0.379 e. The van der Waals surface area contributed by atoms with Gasteiger partial charge in [-0.2, -0.15) is 0 Å². The summed E-state index contributed by atoms with van der Waals surface area (Å²) >= 11 is 7.44. The molecular weight excluding hydrogens is 424 g/mol. The summed E-state index contributed by atoms with van der Waals surface area (Å²) < 4.78 is 5.38. The van der Waals surface area contributed by atoms with Gasteiger partial charge in [0.2, 0.25) is 0 Å². The number of para-hydroxylation sites is 1. The van der Waals surface area contributed by atoms with Crippen molar-refractivity contribution in [1.29, 1.82) is 0 Å². The van der Waals surface area contributed by atoms with Gasteiger partial charge in [0.1, 0.15) is 17.0 Å². The van der Waals surface area contributed by atoms with Crippen molar-refractivity contribution in [3.8, 4) is 0 Å². The van der Waals surface area contributed by atoms with Gasteiger partial charge in [0, 0.05) is 25.7 Å². The Bertz CT molecular complexity index is 1020. The van der Waals surface area contributed by atoms with Crippen LogP contribution in [0.3, 0.4) is 0 Å². The molecule has 1 aliphatic rings. The van der Waals surface area contributed by atoms with Crippen molar-refractivity contribution in [2.75, 3.05) is 36.9 Å². The van der Waals surface area contributed by atoms with Crippen LogP contribution < -0.4 is 10.6 Å². The lowest BCUT2D eigenvalue weighted by Gasteiger charge is -2.26. The second kappa shape index (κ2) is 9.48. The molecule has 3 heterocycles. The van der Waals surface area contributed by atoms with Crippen molar-refractivity contribution in [2.45, 2.75) is 13.5 Å². The zero-order valence-electron chi connectivity index (χ0n) is 16.4. The monoisotopic (exact) mass is 444 g/mol. The molecule has 30 heavy (non-hydrogen) atoms. The van der Waals surface area contributed by atoms with Crippen LogP contribution in [0.5, 0.6) is 0 Å². The number of morpholine rings is 1. The van der Waals surface area contributed by atoms with Gasteiger partial charge >= 0.3 is 0 Å². The summed E-state index contributed by atoms with van der Waals surface area (Å²) in [5.41, 5.74) is 2.42. The second-order valence-corrected chi connectivity index (χ2v) is 8.26. The molecule has 0 bridgehead atoms. The molecule has 8 nitrogen and oxygen atoms in total. The standard InChI is InChI=1S/C20H21ClN6O2S/c1-13-3-2-4-15(21)18(13)26-19(28)16-10-22-20(30-16)25-17-9-14(23-12-24-17)11-27-5-7-29-8-6-27/h2-4,9-10,12H,5-8,11H2,1H3,(H,26,28)(H,22,23,24,25). The number of nitrogens with one attached hydrogen (secondary N) is 2. The van der Waals surface area contributed by atoms with E-state index in [9.17, 15) is 4.79 Å². The number of anilines is 3. The normalized spacial score (nSPS) is 14.5. The number of ether oxygens (including phenoxy) is 1. The predicted octanol–water partition coefficient (Wildman–Crippen LogP) is 3.72. The predicted molar refractivity (Wildman–Crippen MR) is 118 cm³/mol. The zero-order valence-corrected chi connectivity index (χ0v) is 18.0. The summed E-state index contributed by atoms with van der Waals surface area (Å²) in [6.45, 7) is 5.90. The fourth-order valence-electron chi connectivity index (χ4n) is 3.05. The number of amides is 1. The summed E-state index contributed by atoms with van der Waals surface area (Å²) in [5, 5.41) is 7.08. The first-order chi connectivity index (χ1) is 14.6. The number of hydrogen-bond acceptors (Lipinski definition) is 8. The Morgan fingerprint density at radius 1 is 1.27 bits per heavy atom. The summed E-state index contributed by atoms with van der Waals surface area (Å²) in [4.78, 5) is 28.2. The van der Waals surface area contributed by atoms with Crippen LogP contribution in [0.4, 0.5) is 16.6 Å². The Morgan fingerprint density at radius 2 is 2.10 bits per heavy atom. The number of thiazole rings is 1. The number of rotatable bonds is 6. The second-order valence-electron chi connectivity index (χ2n) is 6.82. The molecule has 0 atom stereocenters. The average Bonchev–Trinajstić information content (AvgIpc) is 3.20. The number of carbonyl (C=O) groups excluding carboxylic acids is 1. The molecule has 2 N–H and O–H groups in total. The lowest BCUT2D eigenvalue weighted by Crippen LogP contribution is -2.35. The minimum atomic E-state index is -0.257. The average molecular weight is 445 g/mol. The fraction of sp³-hybridized carbons (Fsp3) is 0.300. The molecule has 0 spiro atoms. The molecular formula is C20H21ClN6O2S. The van der Waals surface area contributed by atoms with Crippen LogP contribution in [0.15, 0.2) is 36.8 Å². The maximum absolute atomic E-state index is 12.6. The first-order valence-electron chi connectivity index (χ1n) is 9.49. The first kappa shape index (κ1) is 20.7. The summed E-state index contributed by atoms with van der Waals surface area (Å²) in [7, 11) is 0. The number of carbonyl (C=O) groups is 1. The molecule has 0 aliphatic carbocycles. The number of benzene rings is 1. The highest BCUT2D eigenvalue weighted by molar-refractivity contribution is 7.17. The van der Waals surface area contributed by atoms with Crippen LogP contribution in [0.25, 0.3) is 0 Å². The SMILES string of the molecule is Cc1cccc(Cl)c1NC(=O)c1cnc(Nc2cc(CN3CCOCC3)ncn2)s1. The van der Waals surface area contributed by atoms with E-state index in [2.05, 4.69) is 30.5 Å². The van der Waals surface area contributed by atoms with Gasteiger partial charge in [-0.25, -0.2) is 15.0 Å². The Kier molecular flexibility index (Phi) is 6.53. The number of nitrogens with zero attached hydrogens (tertiary/aromatic N) is 4. The van der Waals surface area contributed by atoms with Gasteiger partial charge in [-0.1, -0.05) is 35.1 Å². The van der Waals surface area contributed by atoms with E-state index in [0.717, 1.165) is 44.1 Å². The first-order valence-corrected chi connectivity index (χ1v) is 10.7.